The normalized spacial score (nSPS) is 13.3. The first kappa shape index (κ1) is 18.8. The van der Waals surface area contributed by atoms with E-state index in [-0.39, 0.29) is 0 Å². The molecule has 0 aliphatic heterocycles. The van der Waals surface area contributed by atoms with Crippen molar-refractivity contribution in [3.8, 4) is 0 Å². The average molecular weight is 329 g/mol. The molecular formula is C19H30Cl2. The van der Waals surface area contributed by atoms with Crippen molar-refractivity contribution >= 4 is 23.2 Å². The molecule has 0 amide bonds. The molecule has 0 N–H and O–H groups in total. The van der Waals surface area contributed by atoms with E-state index >= 15 is 0 Å². The Labute approximate surface area is 141 Å². The Bertz CT molecular complexity index is 359. The molecule has 0 aliphatic rings. The predicted octanol–water partition coefficient (Wildman–Crippen LogP) is 7.18. The van der Waals surface area contributed by atoms with E-state index in [1.807, 2.05) is 6.07 Å². The van der Waals surface area contributed by atoms with Crippen LogP contribution < -0.4 is 0 Å². The topological polar surface area (TPSA) is 0 Å². The molecule has 1 aromatic rings. The van der Waals surface area contributed by atoms with Gasteiger partial charge in [-0.1, -0.05) is 82.7 Å². The Morgan fingerprint density at radius 2 is 1.57 bits per heavy atom. The van der Waals surface area contributed by atoms with Crippen molar-refractivity contribution < 1.29 is 0 Å². The Hall–Kier alpha value is -0.200. The minimum atomic E-state index is -0.598. The van der Waals surface area contributed by atoms with Gasteiger partial charge < -0.3 is 0 Å². The standard InChI is InChI=1S/C19H30Cl2/c1-3-4-5-6-7-9-12-17(2)19(20,21)16-15-18-13-10-8-11-14-18/h8,10-11,13-14,17H,3-7,9,12,15-16H2,1-2H3. The molecule has 21 heavy (non-hydrogen) atoms. The summed E-state index contributed by atoms with van der Waals surface area (Å²) >= 11 is 13.1. The number of unbranched alkanes of at least 4 members (excludes halogenated alkanes) is 5. The highest BCUT2D eigenvalue weighted by Crippen LogP contribution is 2.38. The second-order valence-corrected chi connectivity index (χ2v) is 7.75. The van der Waals surface area contributed by atoms with Crippen LogP contribution in [0.3, 0.4) is 0 Å². The van der Waals surface area contributed by atoms with Gasteiger partial charge in [0.05, 0.1) is 0 Å². The smallest absolute Gasteiger partial charge is 0.101 e. The largest absolute Gasteiger partial charge is 0.121 e. The first-order chi connectivity index (χ1) is 10.1. The van der Waals surface area contributed by atoms with Gasteiger partial charge in [0.15, 0.2) is 0 Å². The second kappa shape index (κ2) is 10.5. The summed E-state index contributed by atoms with van der Waals surface area (Å²) in [4.78, 5) is 0. The zero-order valence-corrected chi connectivity index (χ0v) is 15.1. The van der Waals surface area contributed by atoms with Gasteiger partial charge in [-0.05, 0) is 30.7 Å². The highest BCUT2D eigenvalue weighted by atomic mass is 35.5. The van der Waals surface area contributed by atoms with E-state index in [0.29, 0.717) is 5.92 Å². The fourth-order valence-corrected chi connectivity index (χ4v) is 3.05. The van der Waals surface area contributed by atoms with Crippen LogP contribution in [0.5, 0.6) is 0 Å². The lowest BCUT2D eigenvalue weighted by molar-refractivity contribution is 0.421. The number of hydrogen-bond acceptors (Lipinski definition) is 0. The molecule has 0 fully saturated rings. The number of benzene rings is 1. The van der Waals surface area contributed by atoms with Crippen LogP contribution >= 0.6 is 23.2 Å². The van der Waals surface area contributed by atoms with Crippen LogP contribution in [-0.4, -0.2) is 4.33 Å². The summed E-state index contributed by atoms with van der Waals surface area (Å²) in [6, 6.07) is 10.5. The molecule has 0 saturated carbocycles. The van der Waals surface area contributed by atoms with Crippen LogP contribution in [0.4, 0.5) is 0 Å². The summed E-state index contributed by atoms with van der Waals surface area (Å²) in [5.74, 6) is 0.357. The van der Waals surface area contributed by atoms with Crippen molar-refractivity contribution in [3.63, 3.8) is 0 Å². The summed E-state index contributed by atoms with van der Waals surface area (Å²) in [6.45, 7) is 4.45. The lowest BCUT2D eigenvalue weighted by atomic mass is 9.94. The van der Waals surface area contributed by atoms with Crippen molar-refractivity contribution in [2.75, 3.05) is 0 Å². The molecule has 0 heterocycles. The minimum Gasteiger partial charge on any atom is -0.101 e. The van der Waals surface area contributed by atoms with Crippen LogP contribution in [0.15, 0.2) is 30.3 Å². The maximum Gasteiger partial charge on any atom is 0.121 e. The maximum absolute atomic E-state index is 6.56. The SMILES string of the molecule is CCCCCCCCC(C)C(Cl)(Cl)CCc1ccccc1. The van der Waals surface area contributed by atoms with Crippen molar-refractivity contribution in [2.24, 2.45) is 5.92 Å². The van der Waals surface area contributed by atoms with E-state index in [1.165, 1.54) is 44.1 Å². The average Bonchev–Trinajstić information content (AvgIpc) is 2.49. The summed E-state index contributed by atoms with van der Waals surface area (Å²) in [5, 5.41) is 0. The molecule has 2 heteroatoms. The van der Waals surface area contributed by atoms with E-state index in [2.05, 4.69) is 38.1 Å². The highest BCUT2D eigenvalue weighted by molar-refractivity contribution is 6.48. The lowest BCUT2D eigenvalue weighted by Crippen LogP contribution is -2.24. The molecule has 0 nitrogen and oxygen atoms in total. The lowest BCUT2D eigenvalue weighted by Gasteiger charge is -2.27. The molecule has 1 rings (SSSR count). The van der Waals surface area contributed by atoms with E-state index in [0.717, 1.165) is 19.3 Å². The van der Waals surface area contributed by atoms with Gasteiger partial charge in [0, 0.05) is 0 Å². The van der Waals surface area contributed by atoms with Crippen LogP contribution in [0, 0.1) is 5.92 Å². The summed E-state index contributed by atoms with van der Waals surface area (Å²) in [6.07, 6.45) is 10.9. The molecular weight excluding hydrogens is 299 g/mol. The molecule has 0 spiro atoms. The zero-order valence-electron chi connectivity index (χ0n) is 13.6. The zero-order chi connectivity index (χ0) is 15.6. The quantitative estimate of drug-likeness (QED) is 0.298. The third kappa shape index (κ3) is 8.12. The van der Waals surface area contributed by atoms with Gasteiger partial charge in [0.25, 0.3) is 0 Å². The van der Waals surface area contributed by atoms with Gasteiger partial charge >= 0.3 is 0 Å². The van der Waals surface area contributed by atoms with Gasteiger partial charge in [-0.2, -0.15) is 0 Å². The molecule has 0 saturated heterocycles. The van der Waals surface area contributed by atoms with E-state index in [1.54, 1.807) is 0 Å². The monoisotopic (exact) mass is 328 g/mol. The number of alkyl halides is 2. The predicted molar refractivity (Wildman–Crippen MR) is 96.4 cm³/mol. The van der Waals surface area contributed by atoms with Gasteiger partial charge in [-0.25, -0.2) is 0 Å². The fourth-order valence-electron chi connectivity index (χ4n) is 2.64. The second-order valence-electron chi connectivity index (χ2n) is 6.20. The van der Waals surface area contributed by atoms with Crippen LogP contribution in [-0.2, 0) is 6.42 Å². The Kier molecular flexibility index (Phi) is 9.44. The number of rotatable bonds is 11. The molecule has 1 atom stereocenters. The molecule has 0 aliphatic carbocycles. The highest BCUT2D eigenvalue weighted by Gasteiger charge is 2.30. The number of halogens is 2. The summed E-state index contributed by atoms with van der Waals surface area (Å²) in [5.41, 5.74) is 1.31. The molecule has 0 bridgehead atoms. The van der Waals surface area contributed by atoms with E-state index in [4.69, 9.17) is 23.2 Å². The van der Waals surface area contributed by atoms with Crippen molar-refractivity contribution in [1.82, 2.24) is 0 Å². The first-order valence-electron chi connectivity index (χ1n) is 8.48. The first-order valence-corrected chi connectivity index (χ1v) is 9.23. The van der Waals surface area contributed by atoms with Gasteiger partial charge in [0.1, 0.15) is 4.33 Å². The van der Waals surface area contributed by atoms with Crippen molar-refractivity contribution in [3.05, 3.63) is 35.9 Å². The van der Waals surface area contributed by atoms with Crippen LogP contribution in [0.2, 0.25) is 0 Å². The third-order valence-corrected chi connectivity index (χ3v) is 5.42. The molecule has 120 valence electrons. The fraction of sp³-hybridized carbons (Fsp3) is 0.684. The van der Waals surface area contributed by atoms with Gasteiger partial charge in [0.2, 0.25) is 0 Å². The molecule has 0 radical (unpaired) electrons. The van der Waals surface area contributed by atoms with Crippen molar-refractivity contribution in [2.45, 2.75) is 76.0 Å². The Morgan fingerprint density at radius 1 is 0.952 bits per heavy atom. The van der Waals surface area contributed by atoms with Gasteiger partial charge in [-0.15, -0.1) is 23.2 Å². The van der Waals surface area contributed by atoms with Crippen molar-refractivity contribution in [1.29, 1.82) is 0 Å². The summed E-state index contributed by atoms with van der Waals surface area (Å²) < 4.78 is -0.598. The molecule has 1 unspecified atom stereocenters. The maximum atomic E-state index is 6.56. The Morgan fingerprint density at radius 3 is 2.24 bits per heavy atom. The van der Waals surface area contributed by atoms with Gasteiger partial charge in [-0.3, -0.25) is 0 Å². The number of hydrogen-bond donors (Lipinski definition) is 0. The minimum absolute atomic E-state index is 0.357. The van der Waals surface area contributed by atoms with Crippen LogP contribution in [0.25, 0.3) is 0 Å². The third-order valence-electron chi connectivity index (χ3n) is 4.30. The van der Waals surface area contributed by atoms with Crippen LogP contribution in [0.1, 0.15) is 70.8 Å². The van der Waals surface area contributed by atoms with E-state index < -0.39 is 4.33 Å². The number of aryl methyl sites for hydroxylation is 1. The Balaban J connectivity index is 2.22. The summed E-state index contributed by atoms with van der Waals surface area (Å²) in [7, 11) is 0. The van der Waals surface area contributed by atoms with E-state index in [9.17, 15) is 0 Å². The molecule has 0 aromatic heterocycles. The molecule has 1 aromatic carbocycles.